The molecule has 3 nitrogen and oxygen atoms in total. The van der Waals surface area contributed by atoms with Gasteiger partial charge in [0.15, 0.2) is 0 Å². The summed E-state index contributed by atoms with van der Waals surface area (Å²) >= 11 is 0. The second-order valence-electron chi connectivity index (χ2n) is 5.67. The van der Waals surface area contributed by atoms with Crippen LogP contribution < -0.4 is 5.32 Å². The number of ether oxygens (including phenoxy) is 1. The highest BCUT2D eigenvalue weighted by Crippen LogP contribution is 2.33. The van der Waals surface area contributed by atoms with Gasteiger partial charge in [-0.1, -0.05) is 27.2 Å². The molecule has 100 valence electrons. The lowest BCUT2D eigenvalue weighted by molar-refractivity contribution is -0.164. The molecule has 17 heavy (non-hydrogen) atoms. The molecule has 0 saturated carbocycles. The number of esters is 1. The SMILES string of the molecule is CCCC1(C(=O)OC(C)C(C)C)CCCNC1. The van der Waals surface area contributed by atoms with Gasteiger partial charge in [0.05, 0.1) is 5.41 Å². The minimum atomic E-state index is -0.268. The summed E-state index contributed by atoms with van der Waals surface area (Å²) in [6.45, 7) is 10.1. The Hall–Kier alpha value is -0.570. The molecule has 1 rings (SSSR count). The largest absolute Gasteiger partial charge is 0.462 e. The Bertz CT molecular complexity index is 239. The molecule has 0 aromatic heterocycles. The normalized spacial score (nSPS) is 26.9. The molecule has 0 aromatic rings. The molecule has 0 radical (unpaired) electrons. The van der Waals surface area contributed by atoms with Gasteiger partial charge in [0.1, 0.15) is 6.10 Å². The van der Waals surface area contributed by atoms with Crippen LogP contribution in [0.3, 0.4) is 0 Å². The lowest BCUT2D eigenvalue weighted by atomic mass is 9.77. The highest BCUT2D eigenvalue weighted by molar-refractivity contribution is 5.77. The van der Waals surface area contributed by atoms with Crippen LogP contribution in [0.1, 0.15) is 53.4 Å². The predicted molar refractivity (Wildman–Crippen MR) is 69.8 cm³/mol. The van der Waals surface area contributed by atoms with Gasteiger partial charge < -0.3 is 10.1 Å². The van der Waals surface area contributed by atoms with E-state index in [1.807, 2.05) is 6.92 Å². The van der Waals surface area contributed by atoms with Crippen molar-refractivity contribution in [1.82, 2.24) is 5.32 Å². The van der Waals surface area contributed by atoms with Crippen molar-refractivity contribution in [3.63, 3.8) is 0 Å². The fourth-order valence-electron chi connectivity index (χ4n) is 2.37. The zero-order valence-corrected chi connectivity index (χ0v) is 11.7. The summed E-state index contributed by atoms with van der Waals surface area (Å²) in [7, 11) is 0. The van der Waals surface area contributed by atoms with E-state index in [4.69, 9.17) is 4.74 Å². The van der Waals surface area contributed by atoms with Crippen molar-refractivity contribution in [2.24, 2.45) is 11.3 Å². The highest BCUT2D eigenvalue weighted by atomic mass is 16.5. The zero-order valence-electron chi connectivity index (χ0n) is 11.7. The van der Waals surface area contributed by atoms with Crippen molar-refractivity contribution in [2.45, 2.75) is 59.5 Å². The van der Waals surface area contributed by atoms with E-state index in [2.05, 4.69) is 26.1 Å². The minimum absolute atomic E-state index is 0.00718. The molecule has 1 N–H and O–H groups in total. The number of carbonyl (C=O) groups is 1. The molecule has 0 spiro atoms. The molecule has 0 aromatic carbocycles. The van der Waals surface area contributed by atoms with Crippen molar-refractivity contribution >= 4 is 5.97 Å². The van der Waals surface area contributed by atoms with Crippen LogP contribution in [0.5, 0.6) is 0 Å². The minimum Gasteiger partial charge on any atom is -0.462 e. The topological polar surface area (TPSA) is 38.3 Å². The van der Waals surface area contributed by atoms with Crippen LogP contribution in [0, 0.1) is 11.3 Å². The molecular weight excluding hydrogens is 214 g/mol. The quantitative estimate of drug-likeness (QED) is 0.752. The summed E-state index contributed by atoms with van der Waals surface area (Å²) in [5.41, 5.74) is -0.268. The molecule has 0 amide bonds. The summed E-state index contributed by atoms with van der Waals surface area (Å²) in [6.07, 6.45) is 4.03. The van der Waals surface area contributed by atoms with Crippen LogP contribution in [0.4, 0.5) is 0 Å². The zero-order chi connectivity index (χ0) is 12.9. The van der Waals surface area contributed by atoms with Gasteiger partial charge >= 0.3 is 5.97 Å². The lowest BCUT2D eigenvalue weighted by Gasteiger charge is -2.36. The van der Waals surface area contributed by atoms with Crippen molar-refractivity contribution in [3.05, 3.63) is 0 Å². The van der Waals surface area contributed by atoms with Gasteiger partial charge in [-0.3, -0.25) is 4.79 Å². The van der Waals surface area contributed by atoms with Crippen LogP contribution in [0.2, 0.25) is 0 Å². The third-order valence-electron chi connectivity index (χ3n) is 3.87. The molecule has 3 heteroatoms. The van der Waals surface area contributed by atoms with E-state index in [9.17, 15) is 4.79 Å². The van der Waals surface area contributed by atoms with E-state index in [-0.39, 0.29) is 17.5 Å². The molecule has 1 aliphatic rings. The van der Waals surface area contributed by atoms with E-state index in [0.29, 0.717) is 5.92 Å². The van der Waals surface area contributed by atoms with Crippen molar-refractivity contribution in [3.8, 4) is 0 Å². The molecular formula is C14H27NO2. The first-order valence-corrected chi connectivity index (χ1v) is 6.93. The molecule has 0 bridgehead atoms. The number of hydrogen-bond donors (Lipinski definition) is 1. The number of nitrogens with one attached hydrogen (secondary N) is 1. The fraction of sp³-hybridized carbons (Fsp3) is 0.929. The Kier molecular flexibility index (Phi) is 5.44. The van der Waals surface area contributed by atoms with Gasteiger partial charge in [-0.15, -0.1) is 0 Å². The van der Waals surface area contributed by atoms with Crippen molar-refractivity contribution in [1.29, 1.82) is 0 Å². The average Bonchev–Trinajstić information content (AvgIpc) is 2.30. The second kappa shape index (κ2) is 6.39. The maximum Gasteiger partial charge on any atom is 0.313 e. The number of hydrogen-bond acceptors (Lipinski definition) is 3. The molecule has 0 aliphatic carbocycles. The highest BCUT2D eigenvalue weighted by Gasteiger charge is 2.40. The third kappa shape index (κ3) is 3.70. The monoisotopic (exact) mass is 241 g/mol. The van der Waals surface area contributed by atoms with E-state index >= 15 is 0 Å². The molecule has 2 atom stereocenters. The van der Waals surface area contributed by atoms with Crippen LogP contribution in [0.15, 0.2) is 0 Å². The van der Waals surface area contributed by atoms with E-state index in [1.54, 1.807) is 0 Å². The summed E-state index contributed by atoms with van der Waals surface area (Å²) in [6, 6.07) is 0. The van der Waals surface area contributed by atoms with Crippen molar-refractivity contribution < 1.29 is 9.53 Å². The first-order valence-electron chi connectivity index (χ1n) is 6.93. The fourth-order valence-corrected chi connectivity index (χ4v) is 2.37. The summed E-state index contributed by atoms with van der Waals surface area (Å²) in [5.74, 6) is 0.391. The first-order chi connectivity index (χ1) is 8.02. The third-order valence-corrected chi connectivity index (χ3v) is 3.87. The predicted octanol–water partition coefficient (Wildman–Crippen LogP) is 2.74. The molecule has 1 heterocycles. The molecule has 1 saturated heterocycles. The summed E-state index contributed by atoms with van der Waals surface area (Å²) in [5, 5.41) is 3.34. The van der Waals surface area contributed by atoms with Crippen LogP contribution in [-0.2, 0) is 9.53 Å². The number of piperidine rings is 1. The maximum atomic E-state index is 12.4. The molecule has 1 aliphatic heterocycles. The van der Waals surface area contributed by atoms with E-state index in [1.165, 1.54) is 0 Å². The van der Waals surface area contributed by atoms with E-state index < -0.39 is 0 Å². The van der Waals surface area contributed by atoms with Gasteiger partial charge in [0.25, 0.3) is 0 Å². The van der Waals surface area contributed by atoms with Gasteiger partial charge in [0.2, 0.25) is 0 Å². The van der Waals surface area contributed by atoms with Crippen LogP contribution in [-0.4, -0.2) is 25.2 Å². The van der Waals surface area contributed by atoms with Crippen molar-refractivity contribution in [2.75, 3.05) is 13.1 Å². The first kappa shape index (κ1) is 14.5. The van der Waals surface area contributed by atoms with Gasteiger partial charge in [-0.25, -0.2) is 0 Å². The summed E-state index contributed by atoms with van der Waals surface area (Å²) < 4.78 is 5.63. The van der Waals surface area contributed by atoms with Crippen LogP contribution >= 0.6 is 0 Å². The smallest absolute Gasteiger partial charge is 0.313 e. The van der Waals surface area contributed by atoms with Gasteiger partial charge in [-0.2, -0.15) is 0 Å². The standard InChI is InChI=1S/C14H27NO2/c1-5-7-14(8-6-9-15-10-14)13(16)17-12(4)11(2)3/h11-12,15H,5-10H2,1-4H3. The molecule has 1 fully saturated rings. The van der Waals surface area contributed by atoms with Crippen LogP contribution in [0.25, 0.3) is 0 Å². The average molecular weight is 241 g/mol. The lowest BCUT2D eigenvalue weighted by Crippen LogP contribution is -2.47. The Morgan fingerprint density at radius 2 is 2.12 bits per heavy atom. The Morgan fingerprint density at radius 3 is 2.59 bits per heavy atom. The Morgan fingerprint density at radius 1 is 1.41 bits per heavy atom. The van der Waals surface area contributed by atoms with E-state index in [0.717, 1.165) is 38.8 Å². The van der Waals surface area contributed by atoms with Gasteiger partial charge in [0, 0.05) is 6.54 Å². The summed E-state index contributed by atoms with van der Waals surface area (Å²) in [4.78, 5) is 12.4. The Balaban J connectivity index is 2.66. The number of carbonyl (C=O) groups excluding carboxylic acids is 1. The molecule has 2 unspecified atom stereocenters. The maximum absolute atomic E-state index is 12.4. The Labute approximate surface area is 105 Å². The van der Waals surface area contributed by atoms with Gasteiger partial charge in [-0.05, 0) is 38.6 Å². The number of rotatable bonds is 5. The second-order valence-corrected chi connectivity index (χ2v) is 5.67.